The first kappa shape index (κ1) is 21.6. The van der Waals surface area contributed by atoms with Crippen molar-refractivity contribution in [3.63, 3.8) is 0 Å². The van der Waals surface area contributed by atoms with E-state index in [0.29, 0.717) is 31.5 Å². The molecule has 5 nitrogen and oxygen atoms in total. The summed E-state index contributed by atoms with van der Waals surface area (Å²) in [4.78, 5) is 6.07. The normalized spacial score (nSPS) is 17.2. The van der Waals surface area contributed by atoms with Crippen LogP contribution in [0.25, 0.3) is 11.4 Å². The molecule has 0 bridgehead atoms. The Labute approximate surface area is 179 Å². The van der Waals surface area contributed by atoms with E-state index in [0.717, 1.165) is 29.5 Å². The number of halogens is 3. The van der Waals surface area contributed by atoms with Crippen molar-refractivity contribution >= 4 is 0 Å². The highest BCUT2D eigenvalue weighted by atomic mass is 19.4. The van der Waals surface area contributed by atoms with Crippen LogP contribution in [0.1, 0.15) is 29.7 Å². The highest BCUT2D eigenvalue weighted by molar-refractivity contribution is 5.60. The summed E-state index contributed by atoms with van der Waals surface area (Å²) in [6, 6.07) is 10.6. The van der Waals surface area contributed by atoms with Crippen molar-refractivity contribution in [2.75, 3.05) is 20.2 Å². The fraction of sp³-hybridized carbons (Fsp3) is 0.435. The van der Waals surface area contributed by atoms with Crippen LogP contribution in [-0.4, -0.2) is 45.4 Å². The number of pyridine rings is 1. The van der Waals surface area contributed by atoms with E-state index in [2.05, 4.69) is 9.88 Å². The van der Waals surface area contributed by atoms with Gasteiger partial charge in [0.05, 0.1) is 19.3 Å². The minimum absolute atomic E-state index is 0.210. The van der Waals surface area contributed by atoms with Crippen LogP contribution in [0.5, 0.6) is 5.75 Å². The lowest BCUT2D eigenvalue weighted by molar-refractivity contribution is -0.140. The Bertz CT molecular complexity index is 1020. The van der Waals surface area contributed by atoms with Crippen molar-refractivity contribution in [2.45, 2.75) is 44.6 Å². The van der Waals surface area contributed by atoms with Gasteiger partial charge in [-0.3, -0.25) is 4.90 Å². The fourth-order valence-electron chi connectivity index (χ4n) is 4.29. The van der Waals surface area contributed by atoms with Gasteiger partial charge < -0.3 is 14.4 Å². The zero-order valence-corrected chi connectivity index (χ0v) is 17.6. The molecular formula is C23H26F3N3O2. The minimum atomic E-state index is -4.49. The number of fused-ring (bicyclic) bond motifs is 1. The fourth-order valence-corrected chi connectivity index (χ4v) is 4.29. The average Bonchev–Trinajstić information content (AvgIpc) is 3.15. The number of ether oxygens (including phenoxy) is 1. The van der Waals surface area contributed by atoms with Gasteiger partial charge in [0.15, 0.2) is 0 Å². The molecule has 1 aromatic carbocycles. The summed E-state index contributed by atoms with van der Waals surface area (Å²) in [5.74, 6) is 1.09. The number of aromatic nitrogens is 2. The predicted molar refractivity (Wildman–Crippen MR) is 111 cm³/mol. The summed E-state index contributed by atoms with van der Waals surface area (Å²) in [5.41, 5.74) is 0.446. The van der Waals surface area contributed by atoms with Crippen LogP contribution in [0.2, 0.25) is 0 Å². The van der Waals surface area contributed by atoms with Crippen molar-refractivity contribution in [1.29, 1.82) is 0 Å². The number of nitrogens with zero attached hydrogens (tertiary/aromatic N) is 3. The van der Waals surface area contributed by atoms with Gasteiger partial charge >= 0.3 is 6.18 Å². The molecule has 0 amide bonds. The third kappa shape index (κ3) is 4.70. The first-order chi connectivity index (χ1) is 14.7. The molecule has 0 aromatic heterocycles. The SMILES string of the molecule is COc1ccccc1CN1CCC(O)(Cn2cc(C)cc3cc(C(F)(F)F)nc2-3)CC1. The summed E-state index contributed by atoms with van der Waals surface area (Å²) < 4.78 is 46.5. The molecule has 0 aliphatic carbocycles. The summed E-state index contributed by atoms with van der Waals surface area (Å²) >= 11 is 0. The number of likely N-dealkylation sites (tertiary alicyclic amines) is 1. The number of alkyl halides is 3. The van der Waals surface area contributed by atoms with Crippen LogP contribution in [0, 0.1) is 6.92 Å². The van der Waals surface area contributed by atoms with Crippen LogP contribution in [0.3, 0.4) is 0 Å². The Kier molecular flexibility index (Phi) is 5.70. The molecule has 0 spiro atoms. The number of para-hydroxylation sites is 1. The van der Waals surface area contributed by atoms with Gasteiger partial charge in [0, 0.05) is 37.0 Å². The molecule has 0 saturated carbocycles. The Morgan fingerprint density at radius 2 is 1.87 bits per heavy atom. The maximum Gasteiger partial charge on any atom is 0.433 e. The van der Waals surface area contributed by atoms with Crippen LogP contribution in [0.4, 0.5) is 13.2 Å². The molecule has 3 heterocycles. The first-order valence-corrected chi connectivity index (χ1v) is 10.3. The molecule has 1 N–H and O–H groups in total. The molecule has 8 heteroatoms. The molecule has 3 aliphatic heterocycles. The van der Waals surface area contributed by atoms with Gasteiger partial charge in [0.1, 0.15) is 17.3 Å². The lowest BCUT2D eigenvalue weighted by Gasteiger charge is -2.39. The van der Waals surface area contributed by atoms with E-state index in [1.165, 1.54) is 0 Å². The smallest absolute Gasteiger partial charge is 0.433 e. The lowest BCUT2D eigenvalue weighted by atomic mass is 9.90. The van der Waals surface area contributed by atoms with Gasteiger partial charge in [-0.1, -0.05) is 18.2 Å². The third-order valence-corrected chi connectivity index (χ3v) is 5.92. The van der Waals surface area contributed by atoms with E-state index in [4.69, 9.17) is 4.74 Å². The first-order valence-electron chi connectivity index (χ1n) is 10.3. The van der Waals surface area contributed by atoms with Crippen LogP contribution < -0.4 is 4.74 Å². The second-order valence-electron chi connectivity index (χ2n) is 8.38. The van der Waals surface area contributed by atoms with E-state index in [1.54, 1.807) is 23.9 Å². The van der Waals surface area contributed by atoms with Gasteiger partial charge in [-0.15, -0.1) is 0 Å². The van der Waals surface area contributed by atoms with E-state index in [1.807, 2.05) is 31.2 Å². The van der Waals surface area contributed by atoms with Crippen LogP contribution >= 0.6 is 0 Å². The molecule has 166 valence electrons. The monoisotopic (exact) mass is 433 g/mol. The second kappa shape index (κ2) is 8.16. The largest absolute Gasteiger partial charge is 0.496 e. The van der Waals surface area contributed by atoms with E-state index < -0.39 is 17.5 Å². The van der Waals surface area contributed by atoms with Crippen molar-refractivity contribution in [3.05, 3.63) is 59.4 Å². The van der Waals surface area contributed by atoms with Crippen molar-refractivity contribution in [3.8, 4) is 17.1 Å². The van der Waals surface area contributed by atoms with Gasteiger partial charge in [0.25, 0.3) is 0 Å². The summed E-state index contributed by atoms with van der Waals surface area (Å²) in [6.07, 6.45) is -1.69. The molecule has 0 unspecified atom stereocenters. The maximum atomic E-state index is 13.1. The number of hydrogen-bond donors (Lipinski definition) is 1. The van der Waals surface area contributed by atoms with Crippen molar-refractivity contribution in [2.24, 2.45) is 0 Å². The molecule has 31 heavy (non-hydrogen) atoms. The Hall–Kier alpha value is -2.58. The van der Waals surface area contributed by atoms with Gasteiger partial charge in [-0.05, 0) is 43.5 Å². The van der Waals surface area contributed by atoms with Crippen molar-refractivity contribution < 1.29 is 23.0 Å². The quantitative estimate of drug-likeness (QED) is 0.650. The lowest BCUT2D eigenvalue weighted by Crippen LogP contribution is -2.46. The molecular weight excluding hydrogens is 407 g/mol. The number of aryl methyl sites for hydroxylation is 1. The van der Waals surface area contributed by atoms with E-state index in [-0.39, 0.29) is 12.4 Å². The summed E-state index contributed by atoms with van der Waals surface area (Å²) in [7, 11) is 1.65. The molecule has 1 saturated heterocycles. The highest BCUT2D eigenvalue weighted by Gasteiger charge is 2.37. The minimum Gasteiger partial charge on any atom is -0.496 e. The maximum absolute atomic E-state index is 13.1. The molecule has 1 aromatic rings. The topological polar surface area (TPSA) is 50.5 Å². The van der Waals surface area contributed by atoms with Crippen molar-refractivity contribution in [1.82, 2.24) is 14.5 Å². The number of rotatable bonds is 5. The number of aliphatic hydroxyl groups is 1. The number of hydrogen-bond acceptors (Lipinski definition) is 4. The predicted octanol–water partition coefficient (Wildman–Crippen LogP) is 4.35. The number of methoxy groups -OCH3 is 1. The highest BCUT2D eigenvalue weighted by Crippen LogP contribution is 2.35. The Morgan fingerprint density at radius 3 is 2.55 bits per heavy atom. The van der Waals surface area contributed by atoms with Gasteiger partial charge in [-0.25, -0.2) is 4.98 Å². The third-order valence-electron chi connectivity index (χ3n) is 5.92. The second-order valence-corrected chi connectivity index (χ2v) is 8.38. The molecule has 4 rings (SSSR count). The zero-order valence-electron chi connectivity index (χ0n) is 17.6. The van der Waals surface area contributed by atoms with Crippen LogP contribution in [-0.2, 0) is 19.3 Å². The van der Waals surface area contributed by atoms with E-state index >= 15 is 0 Å². The Morgan fingerprint density at radius 1 is 1.16 bits per heavy atom. The van der Waals surface area contributed by atoms with Gasteiger partial charge in [0.2, 0.25) is 0 Å². The van der Waals surface area contributed by atoms with Gasteiger partial charge in [-0.2, -0.15) is 13.2 Å². The Balaban J connectivity index is 1.48. The summed E-state index contributed by atoms with van der Waals surface area (Å²) in [6.45, 7) is 4.14. The number of piperidine rings is 1. The molecule has 3 aliphatic rings. The zero-order chi connectivity index (χ0) is 22.2. The number of benzene rings is 1. The summed E-state index contributed by atoms with van der Waals surface area (Å²) in [5, 5.41) is 11.2. The van der Waals surface area contributed by atoms with Crippen LogP contribution in [0.15, 0.2) is 42.6 Å². The average molecular weight is 433 g/mol. The molecule has 1 fully saturated rings. The van der Waals surface area contributed by atoms with E-state index in [9.17, 15) is 18.3 Å². The standard InChI is InChI=1S/C23H26F3N3O2/c1-16-11-18-12-20(23(24,25)26)27-21(18)29(13-16)15-22(30)7-9-28(10-8-22)14-17-5-3-4-6-19(17)31-2/h3-6,11-13,30H,7-10,14-15H2,1-2H3. The molecule has 0 atom stereocenters. The molecule has 0 radical (unpaired) electrons.